The maximum Gasteiger partial charge on any atom is 0.511 e. The first-order valence-corrected chi connectivity index (χ1v) is 5.71. The monoisotopic (exact) mass is 256 g/mol. The van der Waals surface area contributed by atoms with Crippen LogP contribution in [0.4, 0.5) is 4.79 Å². The summed E-state index contributed by atoms with van der Waals surface area (Å²) in [6, 6.07) is 7.58. The highest BCUT2D eigenvalue weighted by Gasteiger charge is 2.36. The minimum absolute atomic E-state index is 0.355. The van der Waals surface area contributed by atoms with E-state index in [0.29, 0.717) is 11.4 Å². The van der Waals surface area contributed by atoms with Gasteiger partial charge in [-0.1, -0.05) is 23.7 Å². The van der Waals surface area contributed by atoms with Gasteiger partial charge in [-0.05, 0) is 30.5 Å². The SMILES string of the molecule is COC1OC(=O)OC1CCc1cccc(Cl)c1. The molecule has 0 saturated carbocycles. The van der Waals surface area contributed by atoms with Crippen molar-refractivity contribution < 1.29 is 19.0 Å². The molecule has 1 aromatic carbocycles. The molecule has 1 heterocycles. The van der Waals surface area contributed by atoms with Crippen molar-refractivity contribution >= 4 is 17.8 Å². The van der Waals surface area contributed by atoms with E-state index in [2.05, 4.69) is 0 Å². The van der Waals surface area contributed by atoms with E-state index in [1.807, 2.05) is 24.3 Å². The molecule has 92 valence electrons. The van der Waals surface area contributed by atoms with E-state index in [-0.39, 0.29) is 6.10 Å². The van der Waals surface area contributed by atoms with E-state index in [0.717, 1.165) is 12.0 Å². The zero-order valence-corrected chi connectivity index (χ0v) is 10.1. The number of aryl methyl sites for hydroxylation is 1. The molecule has 5 heteroatoms. The average molecular weight is 257 g/mol. The molecule has 1 fully saturated rings. The normalized spacial score (nSPS) is 23.3. The maximum absolute atomic E-state index is 10.9. The van der Waals surface area contributed by atoms with Gasteiger partial charge in [0.1, 0.15) is 0 Å². The summed E-state index contributed by atoms with van der Waals surface area (Å²) in [5.74, 6) is 0. The van der Waals surface area contributed by atoms with Gasteiger partial charge in [-0.15, -0.1) is 0 Å². The fraction of sp³-hybridized carbons (Fsp3) is 0.417. The molecule has 1 saturated heterocycles. The fourth-order valence-electron chi connectivity index (χ4n) is 1.77. The third-order valence-electron chi connectivity index (χ3n) is 2.60. The van der Waals surface area contributed by atoms with Crippen LogP contribution in [0.15, 0.2) is 24.3 Å². The van der Waals surface area contributed by atoms with E-state index >= 15 is 0 Å². The zero-order chi connectivity index (χ0) is 12.3. The molecule has 4 nitrogen and oxygen atoms in total. The van der Waals surface area contributed by atoms with Gasteiger partial charge in [0.05, 0.1) is 0 Å². The first-order chi connectivity index (χ1) is 8.19. The fourth-order valence-corrected chi connectivity index (χ4v) is 1.99. The lowest BCUT2D eigenvalue weighted by Crippen LogP contribution is -2.24. The van der Waals surface area contributed by atoms with E-state index in [1.54, 1.807) is 0 Å². The summed E-state index contributed by atoms with van der Waals surface area (Å²) in [5, 5.41) is 0.699. The summed E-state index contributed by atoms with van der Waals surface area (Å²) in [7, 11) is 1.49. The molecular weight excluding hydrogens is 244 g/mol. The molecule has 2 rings (SSSR count). The lowest BCUT2D eigenvalue weighted by atomic mass is 10.1. The quantitative estimate of drug-likeness (QED) is 0.777. The molecular formula is C12H13ClO4. The van der Waals surface area contributed by atoms with Crippen LogP contribution in [0, 0.1) is 0 Å². The van der Waals surface area contributed by atoms with Crippen molar-refractivity contribution in [3.63, 3.8) is 0 Å². The van der Waals surface area contributed by atoms with E-state index in [1.165, 1.54) is 7.11 Å². The number of hydrogen-bond donors (Lipinski definition) is 0. The molecule has 17 heavy (non-hydrogen) atoms. The first kappa shape index (κ1) is 12.2. The maximum atomic E-state index is 10.9. The predicted molar refractivity (Wildman–Crippen MR) is 61.9 cm³/mol. The number of cyclic esters (lactones) is 2. The number of rotatable bonds is 4. The number of carbonyl (C=O) groups excluding carboxylic acids is 1. The summed E-state index contributed by atoms with van der Waals surface area (Å²) >= 11 is 5.88. The molecule has 0 aliphatic carbocycles. The van der Waals surface area contributed by atoms with Crippen molar-refractivity contribution in [2.75, 3.05) is 7.11 Å². The number of halogens is 1. The number of carbonyl (C=O) groups is 1. The van der Waals surface area contributed by atoms with Crippen molar-refractivity contribution in [2.45, 2.75) is 25.2 Å². The minimum Gasteiger partial charge on any atom is -0.424 e. The van der Waals surface area contributed by atoms with Crippen molar-refractivity contribution in [3.05, 3.63) is 34.9 Å². The Morgan fingerprint density at radius 3 is 2.94 bits per heavy atom. The second kappa shape index (κ2) is 5.38. The Morgan fingerprint density at radius 2 is 2.24 bits per heavy atom. The number of methoxy groups -OCH3 is 1. The molecule has 0 radical (unpaired) electrons. The molecule has 0 aromatic heterocycles. The smallest absolute Gasteiger partial charge is 0.424 e. The number of ether oxygens (including phenoxy) is 3. The lowest BCUT2D eigenvalue weighted by molar-refractivity contribution is -0.0780. The molecule has 2 unspecified atom stereocenters. The van der Waals surface area contributed by atoms with Crippen LogP contribution in [0.5, 0.6) is 0 Å². The van der Waals surface area contributed by atoms with Gasteiger partial charge >= 0.3 is 6.16 Å². The summed E-state index contributed by atoms with van der Waals surface area (Å²) in [5.41, 5.74) is 1.09. The van der Waals surface area contributed by atoms with Crippen molar-refractivity contribution in [3.8, 4) is 0 Å². The van der Waals surface area contributed by atoms with Gasteiger partial charge in [-0.25, -0.2) is 4.79 Å². The van der Waals surface area contributed by atoms with Crippen molar-refractivity contribution in [1.82, 2.24) is 0 Å². The highest BCUT2D eigenvalue weighted by Crippen LogP contribution is 2.21. The Hall–Kier alpha value is -1.26. The van der Waals surface area contributed by atoms with Crippen LogP contribution in [0.25, 0.3) is 0 Å². The molecule has 1 aliphatic rings. The van der Waals surface area contributed by atoms with Gasteiger partial charge in [0, 0.05) is 12.1 Å². The van der Waals surface area contributed by atoms with Crippen molar-refractivity contribution in [1.29, 1.82) is 0 Å². The Bertz CT molecular complexity index is 407. The first-order valence-electron chi connectivity index (χ1n) is 5.33. The molecule has 1 aromatic rings. The van der Waals surface area contributed by atoms with E-state index < -0.39 is 12.4 Å². The van der Waals surface area contributed by atoms with Crippen LogP contribution >= 0.6 is 11.6 Å². The summed E-state index contributed by atoms with van der Waals surface area (Å²) in [6.45, 7) is 0. The molecule has 0 spiro atoms. The van der Waals surface area contributed by atoms with Crippen molar-refractivity contribution in [2.24, 2.45) is 0 Å². The minimum atomic E-state index is -0.673. The van der Waals surface area contributed by atoms with Gasteiger partial charge in [0.15, 0.2) is 6.10 Å². The van der Waals surface area contributed by atoms with Gasteiger partial charge < -0.3 is 14.2 Å². The lowest BCUT2D eigenvalue weighted by Gasteiger charge is -2.13. The largest absolute Gasteiger partial charge is 0.511 e. The molecule has 0 bridgehead atoms. The molecule has 1 aliphatic heterocycles. The van der Waals surface area contributed by atoms with Crippen LogP contribution < -0.4 is 0 Å². The molecule has 0 amide bonds. The third kappa shape index (κ3) is 3.11. The Morgan fingerprint density at radius 1 is 1.41 bits per heavy atom. The Labute approximate surface area is 104 Å². The van der Waals surface area contributed by atoms with Crippen LogP contribution in [0.3, 0.4) is 0 Å². The average Bonchev–Trinajstić information content (AvgIpc) is 2.67. The topological polar surface area (TPSA) is 44.8 Å². The van der Waals surface area contributed by atoms with Crippen LogP contribution in [-0.2, 0) is 20.6 Å². The van der Waals surface area contributed by atoms with Gasteiger partial charge in [0.25, 0.3) is 0 Å². The summed E-state index contributed by atoms with van der Waals surface area (Å²) in [6.07, 6.45) is -0.243. The Kier molecular flexibility index (Phi) is 3.86. The third-order valence-corrected chi connectivity index (χ3v) is 2.84. The van der Waals surface area contributed by atoms with Crippen LogP contribution in [-0.4, -0.2) is 25.7 Å². The second-order valence-electron chi connectivity index (χ2n) is 3.80. The van der Waals surface area contributed by atoms with E-state index in [4.69, 9.17) is 25.8 Å². The highest BCUT2D eigenvalue weighted by atomic mass is 35.5. The van der Waals surface area contributed by atoms with Crippen LogP contribution in [0.2, 0.25) is 5.02 Å². The Balaban J connectivity index is 1.91. The molecule has 0 N–H and O–H groups in total. The summed E-state index contributed by atoms with van der Waals surface area (Å²) < 4.78 is 14.8. The van der Waals surface area contributed by atoms with Gasteiger partial charge in [-0.2, -0.15) is 0 Å². The second-order valence-corrected chi connectivity index (χ2v) is 4.23. The zero-order valence-electron chi connectivity index (χ0n) is 9.39. The van der Waals surface area contributed by atoms with Gasteiger partial charge in [0.2, 0.25) is 6.29 Å². The summed E-state index contributed by atoms with van der Waals surface area (Å²) in [4.78, 5) is 10.9. The number of benzene rings is 1. The number of hydrogen-bond acceptors (Lipinski definition) is 4. The molecule has 2 atom stereocenters. The van der Waals surface area contributed by atoms with Gasteiger partial charge in [-0.3, -0.25) is 0 Å². The van der Waals surface area contributed by atoms with E-state index in [9.17, 15) is 4.79 Å². The standard InChI is InChI=1S/C12H13ClO4/c1-15-11-10(16-12(14)17-11)6-5-8-3-2-4-9(13)7-8/h2-4,7,10-11H,5-6H2,1H3. The predicted octanol–water partition coefficient (Wildman–Crippen LogP) is 2.78. The highest BCUT2D eigenvalue weighted by molar-refractivity contribution is 6.30. The van der Waals surface area contributed by atoms with Crippen LogP contribution in [0.1, 0.15) is 12.0 Å².